The summed E-state index contributed by atoms with van der Waals surface area (Å²) in [5, 5.41) is 0. The smallest absolute Gasteiger partial charge is 0.268 e. The first-order valence-corrected chi connectivity index (χ1v) is 8.24. The molecule has 0 unspecified atom stereocenters. The number of nitrogens with zero attached hydrogens (tertiary/aromatic N) is 1. The second-order valence-corrected chi connectivity index (χ2v) is 6.16. The van der Waals surface area contributed by atoms with Gasteiger partial charge in [-0.15, -0.1) is 0 Å². The predicted octanol–water partition coefficient (Wildman–Crippen LogP) is 4.32. The molecule has 3 rings (SSSR count). The first-order chi connectivity index (χ1) is 12.0. The second-order valence-electron chi connectivity index (χ2n) is 5.36. The van der Waals surface area contributed by atoms with Gasteiger partial charge in [-0.25, -0.2) is 8.78 Å². The van der Waals surface area contributed by atoms with Crippen LogP contribution < -0.4 is 10.3 Å². The fourth-order valence-electron chi connectivity index (χ4n) is 2.29. The van der Waals surface area contributed by atoms with Gasteiger partial charge in [-0.1, -0.05) is 18.2 Å². The van der Waals surface area contributed by atoms with Gasteiger partial charge >= 0.3 is 0 Å². The standard InChI is InChI=1S/C19H13BrF2NO2/c20-18-17(25-12-14-6-7-15(21)10-16(14)22)8-9-23(19(18)24)11-13-4-2-1-3-5-13/h1-2,4-10H,11-12H2. The maximum Gasteiger partial charge on any atom is 0.268 e. The van der Waals surface area contributed by atoms with E-state index in [1.807, 2.05) is 18.2 Å². The molecule has 25 heavy (non-hydrogen) atoms. The van der Waals surface area contributed by atoms with Crippen LogP contribution in [0.4, 0.5) is 8.78 Å². The lowest BCUT2D eigenvalue weighted by Crippen LogP contribution is -2.21. The Morgan fingerprint density at radius 3 is 2.76 bits per heavy atom. The zero-order chi connectivity index (χ0) is 17.8. The molecule has 0 fully saturated rings. The van der Waals surface area contributed by atoms with Crippen molar-refractivity contribution < 1.29 is 13.5 Å². The van der Waals surface area contributed by atoms with Crippen LogP contribution in [0.1, 0.15) is 11.1 Å². The largest absolute Gasteiger partial charge is 0.487 e. The zero-order valence-corrected chi connectivity index (χ0v) is 14.6. The van der Waals surface area contributed by atoms with Crippen LogP contribution in [0.25, 0.3) is 0 Å². The third kappa shape index (κ3) is 4.14. The van der Waals surface area contributed by atoms with Gasteiger partial charge < -0.3 is 9.30 Å². The molecule has 3 aromatic rings. The van der Waals surface area contributed by atoms with Crippen molar-refractivity contribution in [2.24, 2.45) is 0 Å². The van der Waals surface area contributed by atoms with Crippen LogP contribution in [0.15, 0.2) is 64.0 Å². The highest BCUT2D eigenvalue weighted by molar-refractivity contribution is 9.10. The van der Waals surface area contributed by atoms with Crippen LogP contribution in [-0.2, 0) is 13.2 Å². The lowest BCUT2D eigenvalue weighted by atomic mass is 10.2. The molecule has 0 bridgehead atoms. The summed E-state index contributed by atoms with van der Waals surface area (Å²) in [5.41, 5.74) is 0.886. The number of ether oxygens (including phenoxy) is 1. The average molecular weight is 405 g/mol. The number of benzene rings is 2. The lowest BCUT2D eigenvalue weighted by Gasteiger charge is -2.11. The van der Waals surface area contributed by atoms with Crippen LogP contribution in [0.3, 0.4) is 0 Å². The monoisotopic (exact) mass is 404 g/mol. The SMILES string of the molecule is O=c1c(Br)c(OCc2ccc(F)cc2F)ccn1Cc1c[c]ccc1. The highest BCUT2D eigenvalue weighted by Gasteiger charge is 2.11. The molecule has 2 aromatic carbocycles. The third-order valence-corrected chi connectivity index (χ3v) is 4.32. The minimum absolute atomic E-state index is 0.109. The molecule has 3 nitrogen and oxygen atoms in total. The van der Waals surface area contributed by atoms with Gasteiger partial charge in [0.15, 0.2) is 0 Å². The Balaban J connectivity index is 1.77. The van der Waals surface area contributed by atoms with Crippen molar-refractivity contribution in [1.82, 2.24) is 4.57 Å². The van der Waals surface area contributed by atoms with Gasteiger partial charge in [-0.2, -0.15) is 0 Å². The Kier molecular flexibility index (Phi) is 5.28. The second kappa shape index (κ2) is 7.61. The fraction of sp³-hybridized carbons (Fsp3) is 0.105. The summed E-state index contributed by atoms with van der Waals surface area (Å²) in [6.45, 7) is 0.295. The predicted molar refractivity (Wildman–Crippen MR) is 93.5 cm³/mol. The number of hydrogen-bond donors (Lipinski definition) is 0. The van der Waals surface area contributed by atoms with E-state index in [0.29, 0.717) is 12.3 Å². The molecule has 1 heterocycles. The Morgan fingerprint density at radius 2 is 2.04 bits per heavy atom. The molecule has 0 saturated carbocycles. The van der Waals surface area contributed by atoms with Gasteiger partial charge in [-0.05, 0) is 51.8 Å². The first kappa shape index (κ1) is 17.4. The maximum atomic E-state index is 13.6. The molecule has 0 saturated heterocycles. The molecule has 1 radical (unpaired) electrons. The van der Waals surface area contributed by atoms with E-state index >= 15 is 0 Å². The molecule has 0 spiro atoms. The van der Waals surface area contributed by atoms with Crippen LogP contribution in [0.5, 0.6) is 5.75 Å². The van der Waals surface area contributed by atoms with Crippen molar-refractivity contribution in [2.75, 3.05) is 0 Å². The van der Waals surface area contributed by atoms with E-state index in [1.54, 1.807) is 18.3 Å². The van der Waals surface area contributed by atoms with Crippen molar-refractivity contribution in [3.8, 4) is 5.75 Å². The van der Waals surface area contributed by atoms with Crippen molar-refractivity contribution in [3.63, 3.8) is 0 Å². The van der Waals surface area contributed by atoms with Crippen LogP contribution in [-0.4, -0.2) is 4.57 Å². The quantitative estimate of drug-likeness (QED) is 0.634. The average Bonchev–Trinajstić information content (AvgIpc) is 2.61. The summed E-state index contributed by atoms with van der Waals surface area (Å²) >= 11 is 3.23. The van der Waals surface area contributed by atoms with Gasteiger partial charge in [0, 0.05) is 17.8 Å². The Morgan fingerprint density at radius 1 is 1.20 bits per heavy atom. The van der Waals surface area contributed by atoms with Crippen molar-refractivity contribution in [3.05, 3.63) is 98.4 Å². The molecular weight excluding hydrogens is 392 g/mol. The van der Waals surface area contributed by atoms with E-state index in [0.717, 1.165) is 17.7 Å². The zero-order valence-electron chi connectivity index (χ0n) is 13.0. The molecule has 6 heteroatoms. The minimum Gasteiger partial charge on any atom is -0.487 e. The molecule has 0 amide bonds. The van der Waals surface area contributed by atoms with E-state index in [-0.39, 0.29) is 22.2 Å². The molecule has 0 aliphatic carbocycles. The summed E-state index contributed by atoms with van der Waals surface area (Å²) in [7, 11) is 0. The number of halogens is 3. The maximum absolute atomic E-state index is 13.6. The molecule has 1 aromatic heterocycles. The van der Waals surface area contributed by atoms with E-state index < -0.39 is 11.6 Å². The van der Waals surface area contributed by atoms with E-state index in [1.165, 1.54) is 10.6 Å². The summed E-state index contributed by atoms with van der Waals surface area (Å²) in [5.74, 6) is -1.04. The molecule has 127 valence electrons. The first-order valence-electron chi connectivity index (χ1n) is 7.45. The summed E-state index contributed by atoms with van der Waals surface area (Å²) in [4.78, 5) is 12.4. The molecule has 0 aliphatic rings. The third-order valence-electron chi connectivity index (χ3n) is 3.59. The van der Waals surface area contributed by atoms with Crippen molar-refractivity contribution in [1.29, 1.82) is 0 Å². The van der Waals surface area contributed by atoms with Crippen LogP contribution in [0.2, 0.25) is 0 Å². The Labute approximate surface area is 151 Å². The van der Waals surface area contributed by atoms with E-state index in [9.17, 15) is 13.6 Å². The summed E-state index contributed by atoms with van der Waals surface area (Å²) < 4.78 is 33.8. The number of pyridine rings is 1. The molecular formula is C19H13BrF2NO2. The highest BCUT2D eigenvalue weighted by Crippen LogP contribution is 2.22. The van der Waals surface area contributed by atoms with E-state index in [4.69, 9.17) is 4.74 Å². The van der Waals surface area contributed by atoms with E-state index in [2.05, 4.69) is 22.0 Å². The summed E-state index contributed by atoms with van der Waals surface area (Å²) in [6, 6.07) is 15.2. The highest BCUT2D eigenvalue weighted by atomic mass is 79.9. The van der Waals surface area contributed by atoms with Gasteiger partial charge in [0.05, 0.1) is 6.54 Å². The van der Waals surface area contributed by atoms with Gasteiger partial charge in [-0.3, -0.25) is 4.79 Å². The van der Waals surface area contributed by atoms with Crippen molar-refractivity contribution >= 4 is 15.9 Å². The molecule has 0 N–H and O–H groups in total. The fourth-order valence-corrected chi connectivity index (χ4v) is 2.76. The topological polar surface area (TPSA) is 31.2 Å². The van der Waals surface area contributed by atoms with Crippen LogP contribution in [0, 0.1) is 17.7 Å². The van der Waals surface area contributed by atoms with Gasteiger partial charge in [0.2, 0.25) is 0 Å². The van der Waals surface area contributed by atoms with Gasteiger partial charge in [0.1, 0.15) is 28.5 Å². The van der Waals surface area contributed by atoms with Crippen LogP contribution >= 0.6 is 15.9 Å². The number of rotatable bonds is 5. The molecule has 0 aliphatic heterocycles. The van der Waals surface area contributed by atoms with Crippen molar-refractivity contribution in [2.45, 2.75) is 13.2 Å². The Bertz CT molecular complexity index is 942. The molecule has 0 atom stereocenters. The number of aromatic nitrogens is 1. The number of hydrogen-bond acceptors (Lipinski definition) is 2. The van der Waals surface area contributed by atoms with Gasteiger partial charge in [0.25, 0.3) is 5.56 Å². The normalized spacial score (nSPS) is 10.7. The Hall–Kier alpha value is -2.47. The summed E-state index contributed by atoms with van der Waals surface area (Å²) in [6.07, 6.45) is 1.61. The lowest BCUT2D eigenvalue weighted by molar-refractivity contribution is 0.296. The minimum atomic E-state index is -0.690.